The number of fused-ring (bicyclic) bond motifs is 2. The van der Waals surface area contributed by atoms with Crippen LogP contribution in [0, 0.1) is 12.8 Å². The summed E-state index contributed by atoms with van der Waals surface area (Å²) in [7, 11) is 1.32. The topological polar surface area (TPSA) is 88.1 Å². The number of amides is 1. The number of esters is 1. The Labute approximate surface area is 185 Å². The molecular weight excluding hydrogens is 418 g/mol. The number of hydrogen-bond acceptors (Lipinski definition) is 6. The third-order valence-corrected chi connectivity index (χ3v) is 6.10. The van der Waals surface area contributed by atoms with Crippen molar-refractivity contribution in [3.8, 4) is 0 Å². The largest absolute Gasteiger partial charge is 0.465 e. The van der Waals surface area contributed by atoms with Crippen LogP contribution in [0.2, 0.25) is 5.02 Å². The summed E-state index contributed by atoms with van der Waals surface area (Å²) >= 11 is 6.19. The Morgan fingerprint density at radius 1 is 1.23 bits per heavy atom. The van der Waals surface area contributed by atoms with E-state index in [1.54, 1.807) is 36.4 Å². The number of halogens is 1. The van der Waals surface area contributed by atoms with Crippen LogP contribution < -0.4 is 5.32 Å². The molecule has 1 saturated heterocycles. The highest BCUT2D eigenvalue weighted by Crippen LogP contribution is 2.37. The van der Waals surface area contributed by atoms with E-state index in [4.69, 9.17) is 16.6 Å². The van der Waals surface area contributed by atoms with Gasteiger partial charge in [-0.05, 0) is 55.3 Å². The van der Waals surface area contributed by atoms with Gasteiger partial charge in [0.1, 0.15) is 0 Å². The Morgan fingerprint density at radius 2 is 1.97 bits per heavy atom. The molecule has 0 aromatic heterocycles. The van der Waals surface area contributed by atoms with Gasteiger partial charge in [-0.2, -0.15) is 0 Å². The molecule has 0 saturated carbocycles. The van der Waals surface area contributed by atoms with Crippen molar-refractivity contribution >= 4 is 46.3 Å². The molecule has 8 heteroatoms. The molecule has 0 bridgehead atoms. The number of ether oxygens (including phenoxy) is 1. The average molecular weight is 440 g/mol. The number of aliphatic imine (C=N–C) groups is 1. The molecule has 1 unspecified atom stereocenters. The van der Waals surface area contributed by atoms with Crippen molar-refractivity contribution in [1.82, 2.24) is 4.90 Å². The lowest BCUT2D eigenvalue weighted by Gasteiger charge is -2.35. The summed E-state index contributed by atoms with van der Waals surface area (Å²) in [5.41, 5.74) is 3.94. The standard InChI is InChI=1S/C23H22ClN3O4/c1-13-18(24)8-7-16-21(13)26-19-9-10-27(11-17(19)22(16)29)12-20(28)25-15-5-3-14(4-6-15)23(30)31-2/h3-8,17H,9-12H2,1-2H3,(H,25,28). The Kier molecular flexibility index (Phi) is 5.89. The number of likely N-dealkylation sites (tertiary alicyclic amines) is 1. The van der Waals surface area contributed by atoms with E-state index in [1.807, 2.05) is 11.8 Å². The number of hydrogen-bond donors (Lipinski definition) is 1. The van der Waals surface area contributed by atoms with E-state index >= 15 is 0 Å². The first-order valence-corrected chi connectivity index (χ1v) is 10.4. The van der Waals surface area contributed by atoms with Gasteiger partial charge in [-0.3, -0.25) is 19.5 Å². The minimum absolute atomic E-state index is 0.0308. The van der Waals surface area contributed by atoms with Crippen LogP contribution in [0.3, 0.4) is 0 Å². The van der Waals surface area contributed by atoms with E-state index in [9.17, 15) is 14.4 Å². The summed E-state index contributed by atoms with van der Waals surface area (Å²) in [5.74, 6) is -0.922. The summed E-state index contributed by atoms with van der Waals surface area (Å²) in [6.45, 7) is 3.14. The SMILES string of the molecule is COC(=O)c1ccc(NC(=O)CN2CCC3=Nc4c(ccc(Cl)c4C)C(=O)C3C2)cc1. The highest BCUT2D eigenvalue weighted by atomic mass is 35.5. The Morgan fingerprint density at radius 3 is 2.68 bits per heavy atom. The highest BCUT2D eigenvalue weighted by Gasteiger charge is 2.36. The van der Waals surface area contributed by atoms with Crippen molar-refractivity contribution in [2.45, 2.75) is 13.3 Å². The van der Waals surface area contributed by atoms with E-state index in [2.05, 4.69) is 10.1 Å². The zero-order valence-corrected chi connectivity index (χ0v) is 18.0. The fourth-order valence-electron chi connectivity index (χ4n) is 3.97. The quantitative estimate of drug-likeness (QED) is 0.734. The summed E-state index contributed by atoms with van der Waals surface area (Å²) < 4.78 is 4.67. The first kappa shape index (κ1) is 21.2. The molecule has 31 heavy (non-hydrogen) atoms. The summed E-state index contributed by atoms with van der Waals surface area (Å²) in [6.07, 6.45) is 0.628. The maximum Gasteiger partial charge on any atom is 0.337 e. The summed E-state index contributed by atoms with van der Waals surface area (Å²) in [4.78, 5) is 43.8. The zero-order chi connectivity index (χ0) is 22.1. The van der Waals surface area contributed by atoms with E-state index < -0.39 is 5.97 Å². The lowest BCUT2D eigenvalue weighted by atomic mass is 9.84. The number of carbonyl (C=O) groups is 3. The minimum atomic E-state index is -0.431. The minimum Gasteiger partial charge on any atom is -0.465 e. The van der Waals surface area contributed by atoms with Crippen molar-refractivity contribution in [1.29, 1.82) is 0 Å². The number of nitrogens with zero attached hydrogens (tertiary/aromatic N) is 2. The van der Waals surface area contributed by atoms with Gasteiger partial charge in [-0.1, -0.05) is 11.6 Å². The molecule has 1 amide bonds. The number of anilines is 1. The average Bonchev–Trinajstić information content (AvgIpc) is 2.77. The van der Waals surface area contributed by atoms with Crippen molar-refractivity contribution in [3.05, 3.63) is 58.1 Å². The molecule has 160 valence electrons. The lowest BCUT2D eigenvalue weighted by molar-refractivity contribution is -0.117. The van der Waals surface area contributed by atoms with Crippen LogP contribution in [-0.4, -0.2) is 55.0 Å². The predicted octanol–water partition coefficient (Wildman–Crippen LogP) is 3.66. The summed E-state index contributed by atoms with van der Waals surface area (Å²) in [5, 5.41) is 3.42. The van der Waals surface area contributed by atoms with Gasteiger partial charge in [-0.15, -0.1) is 0 Å². The molecule has 1 atom stereocenters. The molecule has 4 rings (SSSR count). The predicted molar refractivity (Wildman–Crippen MR) is 119 cm³/mol. The van der Waals surface area contributed by atoms with Crippen molar-refractivity contribution in [2.75, 3.05) is 32.1 Å². The van der Waals surface area contributed by atoms with Gasteiger partial charge < -0.3 is 10.1 Å². The maximum absolute atomic E-state index is 13.1. The van der Waals surface area contributed by atoms with Crippen LogP contribution in [0.15, 0.2) is 41.4 Å². The molecule has 2 aromatic carbocycles. The highest BCUT2D eigenvalue weighted by molar-refractivity contribution is 6.32. The number of methoxy groups -OCH3 is 1. The fourth-order valence-corrected chi connectivity index (χ4v) is 4.13. The van der Waals surface area contributed by atoms with Crippen LogP contribution in [0.4, 0.5) is 11.4 Å². The number of carbonyl (C=O) groups excluding carboxylic acids is 3. The molecule has 1 N–H and O–H groups in total. The van der Waals surface area contributed by atoms with E-state index in [0.717, 1.165) is 11.3 Å². The summed E-state index contributed by atoms with van der Waals surface area (Å²) in [6, 6.07) is 9.96. The number of ketones is 1. The zero-order valence-electron chi connectivity index (χ0n) is 17.3. The third-order valence-electron chi connectivity index (χ3n) is 5.69. The molecule has 2 aromatic rings. The number of Topliss-reactive ketones (excluding diaryl/α,β-unsaturated/α-hetero) is 1. The van der Waals surface area contributed by atoms with Gasteiger partial charge in [0.05, 0.1) is 30.8 Å². The van der Waals surface area contributed by atoms with E-state index in [1.165, 1.54) is 7.11 Å². The van der Waals surface area contributed by atoms with Crippen LogP contribution in [0.25, 0.3) is 0 Å². The molecule has 0 radical (unpaired) electrons. The van der Waals surface area contributed by atoms with E-state index in [-0.39, 0.29) is 24.2 Å². The second-order valence-corrected chi connectivity index (χ2v) is 8.10. The van der Waals surface area contributed by atoms with Crippen LogP contribution >= 0.6 is 11.6 Å². The third kappa shape index (κ3) is 4.24. The number of benzene rings is 2. The second kappa shape index (κ2) is 8.61. The Hall–Kier alpha value is -3.03. The molecule has 2 heterocycles. The van der Waals surface area contributed by atoms with Crippen LogP contribution in [-0.2, 0) is 9.53 Å². The van der Waals surface area contributed by atoms with Crippen molar-refractivity contribution < 1.29 is 19.1 Å². The van der Waals surface area contributed by atoms with Gasteiger partial charge in [0.15, 0.2) is 5.78 Å². The Balaban J connectivity index is 1.40. The molecule has 0 aliphatic carbocycles. The Bertz CT molecular complexity index is 1090. The molecule has 2 aliphatic rings. The molecule has 7 nitrogen and oxygen atoms in total. The second-order valence-electron chi connectivity index (χ2n) is 7.69. The molecule has 1 fully saturated rings. The number of piperidine rings is 1. The van der Waals surface area contributed by atoms with Crippen molar-refractivity contribution in [3.63, 3.8) is 0 Å². The van der Waals surface area contributed by atoms with Gasteiger partial charge in [0.2, 0.25) is 5.91 Å². The van der Waals surface area contributed by atoms with Gasteiger partial charge in [0, 0.05) is 35.1 Å². The normalized spacial score (nSPS) is 18.0. The first-order chi connectivity index (χ1) is 14.9. The van der Waals surface area contributed by atoms with Gasteiger partial charge in [-0.25, -0.2) is 4.79 Å². The van der Waals surface area contributed by atoms with Crippen LogP contribution in [0.1, 0.15) is 32.7 Å². The lowest BCUT2D eigenvalue weighted by Crippen LogP contribution is -2.47. The first-order valence-electron chi connectivity index (χ1n) is 9.98. The van der Waals surface area contributed by atoms with Crippen LogP contribution in [0.5, 0.6) is 0 Å². The maximum atomic E-state index is 13.1. The van der Waals surface area contributed by atoms with Crippen molar-refractivity contribution in [2.24, 2.45) is 10.9 Å². The van der Waals surface area contributed by atoms with E-state index in [0.29, 0.717) is 47.0 Å². The smallest absolute Gasteiger partial charge is 0.337 e. The number of rotatable bonds is 4. The fraction of sp³-hybridized carbons (Fsp3) is 0.304. The number of nitrogens with one attached hydrogen (secondary N) is 1. The van der Waals surface area contributed by atoms with Gasteiger partial charge >= 0.3 is 5.97 Å². The van der Waals surface area contributed by atoms with Gasteiger partial charge in [0.25, 0.3) is 0 Å². The monoisotopic (exact) mass is 439 g/mol. The molecule has 0 spiro atoms. The molecule has 2 aliphatic heterocycles. The molecular formula is C23H22ClN3O4.